The smallest absolute Gasteiger partial charge is 0.328 e. The number of halogens is 1. The van der Waals surface area contributed by atoms with Gasteiger partial charge in [0, 0.05) is 9.13 Å². The Morgan fingerprint density at radius 2 is 1.82 bits per heavy atom. The second-order valence-electron chi connectivity index (χ2n) is 3.54. The fourth-order valence-electron chi connectivity index (χ4n) is 1.21. The SMILES string of the molecule is C[C@@H](O)[C@H](NC(=O)c1ccc(I)cc1)C(=O)O. The number of carbonyl (C=O) groups excluding carboxylic acids is 1. The first-order valence-corrected chi connectivity index (χ1v) is 5.97. The number of hydrogen-bond donors (Lipinski definition) is 3. The second-order valence-corrected chi connectivity index (χ2v) is 4.78. The lowest BCUT2D eigenvalue weighted by Gasteiger charge is -2.16. The number of carboxylic acid groups (broad SMARTS) is 1. The van der Waals surface area contributed by atoms with Crippen LogP contribution in [-0.4, -0.2) is 34.2 Å². The second kappa shape index (κ2) is 5.97. The summed E-state index contributed by atoms with van der Waals surface area (Å²) in [7, 11) is 0. The number of nitrogens with one attached hydrogen (secondary N) is 1. The molecule has 1 rings (SSSR count). The number of aliphatic hydroxyl groups is 1. The zero-order valence-corrected chi connectivity index (χ0v) is 11.2. The van der Waals surface area contributed by atoms with Gasteiger partial charge in [-0.1, -0.05) is 0 Å². The molecule has 1 aromatic rings. The molecular weight excluding hydrogens is 337 g/mol. The number of carbonyl (C=O) groups is 2. The molecule has 6 heteroatoms. The number of benzene rings is 1. The highest BCUT2D eigenvalue weighted by atomic mass is 127. The number of aliphatic hydroxyl groups excluding tert-OH is 1. The number of carboxylic acids is 1. The standard InChI is InChI=1S/C11H12INO4/c1-6(14)9(11(16)17)13-10(15)7-2-4-8(12)5-3-7/h2-6,9,14H,1H3,(H,13,15)(H,16,17)/t6-,9+/m1/s1. The fraction of sp³-hybridized carbons (Fsp3) is 0.273. The van der Waals surface area contributed by atoms with Gasteiger partial charge < -0.3 is 15.5 Å². The average molecular weight is 349 g/mol. The maximum absolute atomic E-state index is 11.7. The van der Waals surface area contributed by atoms with Gasteiger partial charge in [0.2, 0.25) is 0 Å². The summed E-state index contributed by atoms with van der Waals surface area (Å²) < 4.78 is 0.976. The first-order chi connectivity index (χ1) is 7.91. The molecule has 0 heterocycles. The average Bonchev–Trinajstić information content (AvgIpc) is 2.25. The maximum Gasteiger partial charge on any atom is 0.328 e. The van der Waals surface area contributed by atoms with Gasteiger partial charge in [0.15, 0.2) is 6.04 Å². The summed E-state index contributed by atoms with van der Waals surface area (Å²) in [5, 5.41) is 20.3. The normalized spacial score (nSPS) is 13.8. The monoisotopic (exact) mass is 349 g/mol. The molecule has 1 aromatic carbocycles. The van der Waals surface area contributed by atoms with Crippen LogP contribution in [0.2, 0.25) is 0 Å². The molecule has 0 bridgehead atoms. The van der Waals surface area contributed by atoms with E-state index in [0.717, 1.165) is 3.57 Å². The quantitative estimate of drug-likeness (QED) is 0.704. The molecule has 2 atom stereocenters. The molecule has 92 valence electrons. The van der Waals surface area contributed by atoms with E-state index >= 15 is 0 Å². The lowest BCUT2D eigenvalue weighted by Crippen LogP contribution is -2.47. The Kier molecular flexibility index (Phi) is 4.88. The van der Waals surface area contributed by atoms with E-state index in [1.807, 2.05) is 0 Å². The van der Waals surface area contributed by atoms with Crippen LogP contribution < -0.4 is 5.32 Å². The molecule has 1 amide bonds. The zero-order valence-electron chi connectivity index (χ0n) is 9.05. The molecule has 0 fully saturated rings. The third-order valence-electron chi connectivity index (χ3n) is 2.14. The van der Waals surface area contributed by atoms with Crippen LogP contribution in [0, 0.1) is 3.57 Å². The minimum Gasteiger partial charge on any atom is -0.480 e. The van der Waals surface area contributed by atoms with Crippen molar-refractivity contribution in [3.63, 3.8) is 0 Å². The predicted molar refractivity (Wildman–Crippen MR) is 69.7 cm³/mol. The Morgan fingerprint density at radius 1 is 1.29 bits per heavy atom. The largest absolute Gasteiger partial charge is 0.480 e. The minimum absolute atomic E-state index is 0.359. The Bertz CT molecular complexity index is 416. The van der Waals surface area contributed by atoms with Gasteiger partial charge in [0.05, 0.1) is 6.10 Å². The van der Waals surface area contributed by atoms with E-state index in [0.29, 0.717) is 5.56 Å². The van der Waals surface area contributed by atoms with Crippen molar-refractivity contribution < 1.29 is 19.8 Å². The molecule has 17 heavy (non-hydrogen) atoms. The lowest BCUT2D eigenvalue weighted by atomic mass is 10.1. The summed E-state index contributed by atoms with van der Waals surface area (Å²) in [6, 6.07) is 5.37. The van der Waals surface area contributed by atoms with Gasteiger partial charge in [-0.15, -0.1) is 0 Å². The van der Waals surface area contributed by atoms with Crippen LogP contribution in [0.3, 0.4) is 0 Å². The number of hydrogen-bond acceptors (Lipinski definition) is 3. The van der Waals surface area contributed by atoms with Crippen molar-refractivity contribution in [2.75, 3.05) is 0 Å². The fourth-order valence-corrected chi connectivity index (χ4v) is 1.57. The highest BCUT2D eigenvalue weighted by Crippen LogP contribution is 2.07. The summed E-state index contributed by atoms with van der Waals surface area (Å²) in [5.74, 6) is -1.78. The van der Waals surface area contributed by atoms with E-state index in [1.165, 1.54) is 6.92 Å². The van der Waals surface area contributed by atoms with Gasteiger partial charge >= 0.3 is 5.97 Å². The molecule has 0 spiro atoms. The third-order valence-corrected chi connectivity index (χ3v) is 2.86. The maximum atomic E-state index is 11.7. The van der Waals surface area contributed by atoms with E-state index in [-0.39, 0.29) is 0 Å². The Hall–Kier alpha value is -1.15. The molecule has 0 aromatic heterocycles. The molecular formula is C11H12INO4. The predicted octanol–water partition coefficient (Wildman–Crippen LogP) is 0.855. The van der Waals surface area contributed by atoms with Crippen LogP contribution in [0.4, 0.5) is 0 Å². The van der Waals surface area contributed by atoms with Crippen molar-refractivity contribution in [2.45, 2.75) is 19.1 Å². The summed E-state index contributed by atoms with van der Waals surface area (Å²) >= 11 is 2.10. The minimum atomic E-state index is -1.30. The number of amides is 1. The van der Waals surface area contributed by atoms with Crippen LogP contribution in [-0.2, 0) is 4.79 Å². The van der Waals surface area contributed by atoms with E-state index in [2.05, 4.69) is 27.9 Å². The van der Waals surface area contributed by atoms with Gasteiger partial charge in [0.25, 0.3) is 5.91 Å². The first kappa shape index (κ1) is 13.9. The summed E-state index contributed by atoms with van der Waals surface area (Å²) in [4.78, 5) is 22.5. The van der Waals surface area contributed by atoms with Gasteiger partial charge in [-0.05, 0) is 53.8 Å². The topological polar surface area (TPSA) is 86.6 Å². The summed E-state index contributed by atoms with van der Waals surface area (Å²) in [6.07, 6.45) is -1.15. The van der Waals surface area contributed by atoms with Crippen molar-refractivity contribution in [1.82, 2.24) is 5.32 Å². The van der Waals surface area contributed by atoms with Crippen molar-refractivity contribution in [1.29, 1.82) is 0 Å². The number of aliphatic carboxylic acids is 1. The van der Waals surface area contributed by atoms with E-state index in [4.69, 9.17) is 5.11 Å². The molecule has 0 aliphatic heterocycles. The van der Waals surface area contributed by atoms with Crippen LogP contribution in [0.5, 0.6) is 0 Å². The highest BCUT2D eigenvalue weighted by molar-refractivity contribution is 14.1. The molecule has 0 radical (unpaired) electrons. The molecule has 0 saturated heterocycles. The highest BCUT2D eigenvalue weighted by Gasteiger charge is 2.25. The zero-order chi connectivity index (χ0) is 13.0. The van der Waals surface area contributed by atoms with Crippen molar-refractivity contribution in [3.05, 3.63) is 33.4 Å². The Labute approximate surface area is 112 Å². The third kappa shape index (κ3) is 3.97. The number of rotatable bonds is 4. The van der Waals surface area contributed by atoms with Crippen molar-refractivity contribution in [3.8, 4) is 0 Å². The summed E-state index contributed by atoms with van der Waals surface area (Å²) in [5.41, 5.74) is 0.359. The van der Waals surface area contributed by atoms with E-state index < -0.39 is 24.0 Å². The van der Waals surface area contributed by atoms with E-state index in [9.17, 15) is 14.7 Å². The van der Waals surface area contributed by atoms with Crippen LogP contribution in [0.15, 0.2) is 24.3 Å². The Balaban J connectivity index is 2.77. The molecule has 0 saturated carbocycles. The molecule has 5 nitrogen and oxygen atoms in total. The molecule has 3 N–H and O–H groups in total. The first-order valence-electron chi connectivity index (χ1n) is 4.89. The van der Waals surface area contributed by atoms with Crippen LogP contribution in [0.25, 0.3) is 0 Å². The van der Waals surface area contributed by atoms with Gasteiger partial charge in [-0.25, -0.2) is 4.79 Å². The van der Waals surface area contributed by atoms with Crippen LogP contribution in [0.1, 0.15) is 17.3 Å². The lowest BCUT2D eigenvalue weighted by molar-refractivity contribution is -0.141. The molecule has 0 aliphatic carbocycles. The van der Waals surface area contributed by atoms with Gasteiger partial charge in [-0.3, -0.25) is 4.79 Å². The van der Waals surface area contributed by atoms with E-state index in [1.54, 1.807) is 24.3 Å². The molecule has 0 unspecified atom stereocenters. The van der Waals surface area contributed by atoms with Crippen molar-refractivity contribution in [2.24, 2.45) is 0 Å². The molecule has 0 aliphatic rings. The van der Waals surface area contributed by atoms with Gasteiger partial charge in [0.1, 0.15) is 0 Å². The van der Waals surface area contributed by atoms with Crippen LogP contribution >= 0.6 is 22.6 Å². The Morgan fingerprint density at radius 3 is 2.24 bits per heavy atom. The van der Waals surface area contributed by atoms with Crippen molar-refractivity contribution >= 4 is 34.5 Å². The van der Waals surface area contributed by atoms with Gasteiger partial charge in [-0.2, -0.15) is 0 Å². The summed E-state index contributed by atoms with van der Waals surface area (Å²) in [6.45, 7) is 1.31.